The molecular formula is C13H22N2S. The molecular weight excluding hydrogens is 216 g/mol. The molecule has 0 amide bonds. The topological polar surface area (TPSA) is 29.3 Å². The van der Waals surface area contributed by atoms with E-state index < -0.39 is 0 Å². The van der Waals surface area contributed by atoms with Gasteiger partial charge in [0, 0.05) is 24.0 Å². The van der Waals surface area contributed by atoms with Crippen LogP contribution < -0.4 is 5.73 Å². The molecule has 1 aromatic rings. The fourth-order valence-corrected chi connectivity index (χ4v) is 2.82. The minimum absolute atomic E-state index is 0.667. The maximum atomic E-state index is 5.80. The van der Waals surface area contributed by atoms with Crippen molar-refractivity contribution in [1.82, 2.24) is 4.90 Å². The molecule has 1 aliphatic rings. The van der Waals surface area contributed by atoms with Crippen LogP contribution in [-0.2, 0) is 6.54 Å². The van der Waals surface area contributed by atoms with E-state index >= 15 is 0 Å². The van der Waals surface area contributed by atoms with Crippen LogP contribution in [0.15, 0.2) is 17.5 Å². The summed E-state index contributed by atoms with van der Waals surface area (Å²) in [6.45, 7) is 5.37. The van der Waals surface area contributed by atoms with Crippen molar-refractivity contribution < 1.29 is 0 Å². The highest BCUT2D eigenvalue weighted by Gasteiger charge is 2.30. The summed E-state index contributed by atoms with van der Waals surface area (Å²) in [4.78, 5) is 4.12. The molecule has 1 aliphatic carbocycles. The molecule has 2 nitrogen and oxygen atoms in total. The van der Waals surface area contributed by atoms with Gasteiger partial charge in [0.2, 0.25) is 0 Å². The zero-order valence-electron chi connectivity index (χ0n) is 10.1. The van der Waals surface area contributed by atoms with E-state index in [2.05, 4.69) is 29.3 Å². The third-order valence-electron chi connectivity index (χ3n) is 3.41. The fourth-order valence-electron chi connectivity index (χ4n) is 2.09. The molecule has 1 heterocycles. The van der Waals surface area contributed by atoms with Gasteiger partial charge in [-0.25, -0.2) is 0 Å². The molecule has 3 heteroatoms. The molecule has 0 saturated heterocycles. The van der Waals surface area contributed by atoms with Crippen LogP contribution in [-0.4, -0.2) is 24.0 Å². The summed E-state index contributed by atoms with van der Waals surface area (Å²) in [7, 11) is 0. The van der Waals surface area contributed by atoms with Crippen molar-refractivity contribution in [1.29, 1.82) is 0 Å². The van der Waals surface area contributed by atoms with Crippen molar-refractivity contribution in [2.24, 2.45) is 11.7 Å². The SMILES string of the molecule is CCC(CN)CN(Cc1cccs1)C1CC1. The van der Waals surface area contributed by atoms with Crippen molar-refractivity contribution >= 4 is 11.3 Å². The Morgan fingerprint density at radius 1 is 1.56 bits per heavy atom. The van der Waals surface area contributed by atoms with Crippen molar-refractivity contribution in [2.75, 3.05) is 13.1 Å². The lowest BCUT2D eigenvalue weighted by atomic mass is 10.1. The first-order valence-corrected chi connectivity index (χ1v) is 7.18. The minimum atomic E-state index is 0.667. The summed E-state index contributed by atoms with van der Waals surface area (Å²) in [5, 5.41) is 2.17. The predicted octanol–water partition coefficient (Wildman–Crippen LogP) is 2.70. The largest absolute Gasteiger partial charge is 0.330 e. The van der Waals surface area contributed by atoms with Crippen molar-refractivity contribution in [3.8, 4) is 0 Å². The Morgan fingerprint density at radius 3 is 2.88 bits per heavy atom. The van der Waals surface area contributed by atoms with Crippen molar-refractivity contribution in [2.45, 2.75) is 38.8 Å². The van der Waals surface area contributed by atoms with Gasteiger partial charge in [0.1, 0.15) is 0 Å². The number of nitrogens with zero attached hydrogens (tertiary/aromatic N) is 1. The Labute approximate surface area is 102 Å². The molecule has 0 bridgehead atoms. The molecule has 1 saturated carbocycles. The van der Waals surface area contributed by atoms with E-state index in [0.717, 1.165) is 19.1 Å². The number of nitrogens with two attached hydrogens (primary N) is 1. The number of thiophene rings is 1. The van der Waals surface area contributed by atoms with Crippen LogP contribution in [0.1, 0.15) is 31.1 Å². The standard InChI is InChI=1S/C13H22N2S/c1-2-11(8-14)9-15(12-5-6-12)10-13-4-3-7-16-13/h3-4,7,11-12H,2,5-6,8-10,14H2,1H3. The zero-order chi connectivity index (χ0) is 11.4. The second-order valence-electron chi connectivity index (χ2n) is 4.75. The van der Waals surface area contributed by atoms with Crippen molar-refractivity contribution in [3.05, 3.63) is 22.4 Å². The third-order valence-corrected chi connectivity index (χ3v) is 4.27. The van der Waals surface area contributed by atoms with Gasteiger partial charge in [-0.15, -0.1) is 11.3 Å². The van der Waals surface area contributed by atoms with Gasteiger partial charge in [0.25, 0.3) is 0 Å². The fraction of sp³-hybridized carbons (Fsp3) is 0.692. The van der Waals surface area contributed by atoms with E-state index in [1.54, 1.807) is 0 Å². The first-order valence-electron chi connectivity index (χ1n) is 6.30. The molecule has 16 heavy (non-hydrogen) atoms. The average molecular weight is 238 g/mol. The van der Waals surface area contributed by atoms with Gasteiger partial charge in [-0.3, -0.25) is 4.90 Å². The highest BCUT2D eigenvalue weighted by molar-refractivity contribution is 7.09. The van der Waals surface area contributed by atoms with Gasteiger partial charge >= 0.3 is 0 Å². The Hall–Kier alpha value is -0.380. The van der Waals surface area contributed by atoms with Crippen LogP contribution in [0.3, 0.4) is 0 Å². The third kappa shape index (κ3) is 3.30. The Balaban J connectivity index is 1.89. The summed E-state index contributed by atoms with van der Waals surface area (Å²) in [5.41, 5.74) is 5.80. The van der Waals surface area contributed by atoms with Gasteiger partial charge in [-0.1, -0.05) is 19.4 Å². The zero-order valence-corrected chi connectivity index (χ0v) is 10.9. The van der Waals surface area contributed by atoms with E-state index in [1.807, 2.05) is 11.3 Å². The quantitative estimate of drug-likeness (QED) is 0.791. The predicted molar refractivity (Wildman–Crippen MR) is 70.6 cm³/mol. The molecule has 1 fully saturated rings. The lowest BCUT2D eigenvalue weighted by Gasteiger charge is -2.25. The Kier molecular flexibility index (Phi) is 4.38. The summed E-state index contributed by atoms with van der Waals surface area (Å²) in [6.07, 6.45) is 3.96. The maximum Gasteiger partial charge on any atom is 0.0330 e. The summed E-state index contributed by atoms with van der Waals surface area (Å²) >= 11 is 1.87. The average Bonchev–Trinajstić information content (AvgIpc) is 3.03. The molecule has 2 N–H and O–H groups in total. The molecule has 1 unspecified atom stereocenters. The minimum Gasteiger partial charge on any atom is -0.330 e. The van der Waals surface area contributed by atoms with Gasteiger partial charge < -0.3 is 5.73 Å². The van der Waals surface area contributed by atoms with E-state index in [-0.39, 0.29) is 0 Å². The van der Waals surface area contributed by atoms with E-state index in [1.165, 1.54) is 30.7 Å². The second-order valence-corrected chi connectivity index (χ2v) is 5.78. The Bertz CT molecular complexity index is 289. The summed E-state index contributed by atoms with van der Waals surface area (Å²) in [6, 6.07) is 5.22. The summed E-state index contributed by atoms with van der Waals surface area (Å²) in [5.74, 6) is 0.667. The van der Waals surface area contributed by atoms with Crippen LogP contribution >= 0.6 is 11.3 Å². The lowest BCUT2D eigenvalue weighted by Crippen LogP contribution is -2.33. The molecule has 1 atom stereocenters. The van der Waals surface area contributed by atoms with E-state index in [0.29, 0.717) is 5.92 Å². The lowest BCUT2D eigenvalue weighted by molar-refractivity contribution is 0.214. The van der Waals surface area contributed by atoms with E-state index in [4.69, 9.17) is 5.73 Å². The first-order chi connectivity index (χ1) is 7.83. The molecule has 0 aromatic carbocycles. The van der Waals surface area contributed by atoms with Gasteiger partial charge in [0.15, 0.2) is 0 Å². The maximum absolute atomic E-state index is 5.80. The van der Waals surface area contributed by atoms with Crippen LogP contribution in [0.5, 0.6) is 0 Å². The molecule has 0 aliphatic heterocycles. The van der Waals surface area contributed by atoms with Crippen LogP contribution in [0.4, 0.5) is 0 Å². The molecule has 0 radical (unpaired) electrons. The van der Waals surface area contributed by atoms with Crippen LogP contribution in [0.2, 0.25) is 0 Å². The van der Waals surface area contributed by atoms with E-state index in [9.17, 15) is 0 Å². The molecule has 1 aromatic heterocycles. The van der Waals surface area contributed by atoms with Gasteiger partial charge in [0.05, 0.1) is 0 Å². The molecule has 90 valence electrons. The van der Waals surface area contributed by atoms with Crippen molar-refractivity contribution in [3.63, 3.8) is 0 Å². The van der Waals surface area contributed by atoms with Crippen LogP contribution in [0, 0.1) is 5.92 Å². The molecule has 0 spiro atoms. The number of rotatable bonds is 7. The first kappa shape index (κ1) is 12.1. The van der Waals surface area contributed by atoms with Gasteiger partial charge in [-0.2, -0.15) is 0 Å². The smallest absolute Gasteiger partial charge is 0.0330 e. The number of hydrogen-bond acceptors (Lipinski definition) is 3. The van der Waals surface area contributed by atoms with Gasteiger partial charge in [-0.05, 0) is 36.8 Å². The molecule has 2 rings (SSSR count). The van der Waals surface area contributed by atoms with Crippen LogP contribution in [0.25, 0.3) is 0 Å². The number of hydrogen-bond donors (Lipinski definition) is 1. The monoisotopic (exact) mass is 238 g/mol. The normalized spacial score (nSPS) is 17.9. The summed E-state index contributed by atoms with van der Waals surface area (Å²) < 4.78 is 0. The Morgan fingerprint density at radius 2 is 2.38 bits per heavy atom. The second kappa shape index (κ2) is 5.80. The highest BCUT2D eigenvalue weighted by Crippen LogP contribution is 2.30. The highest BCUT2D eigenvalue weighted by atomic mass is 32.1.